The van der Waals surface area contributed by atoms with Crippen LogP contribution in [-0.4, -0.2) is 16.6 Å². The summed E-state index contributed by atoms with van der Waals surface area (Å²) in [5, 5.41) is 0. The molecule has 0 aliphatic carbocycles. The average Bonchev–Trinajstić information content (AvgIpc) is 2.68. The highest BCUT2D eigenvalue weighted by Gasteiger charge is 2.08. The van der Waals surface area contributed by atoms with Gasteiger partial charge in [0.1, 0.15) is 11.6 Å². The van der Waals surface area contributed by atoms with Crippen molar-refractivity contribution >= 4 is 5.82 Å². The van der Waals surface area contributed by atoms with Crippen molar-refractivity contribution in [3.63, 3.8) is 0 Å². The van der Waals surface area contributed by atoms with Crippen LogP contribution in [0.15, 0.2) is 60.8 Å². The average molecular weight is 347 g/mol. The van der Waals surface area contributed by atoms with Crippen molar-refractivity contribution in [3.8, 4) is 17.0 Å². The van der Waals surface area contributed by atoms with E-state index >= 15 is 0 Å². The van der Waals surface area contributed by atoms with E-state index in [0.29, 0.717) is 12.2 Å². The lowest BCUT2D eigenvalue weighted by atomic mass is 10.1. The minimum Gasteiger partial charge on any atom is -0.494 e. The predicted octanol–water partition coefficient (Wildman–Crippen LogP) is 4.89. The van der Waals surface area contributed by atoms with Gasteiger partial charge in [-0.15, -0.1) is 0 Å². The monoisotopic (exact) mass is 347 g/mol. The van der Waals surface area contributed by atoms with Crippen LogP contribution in [0, 0.1) is 0 Å². The first kappa shape index (κ1) is 17.9. The Labute approximate surface area is 155 Å². The molecule has 1 heterocycles. The maximum atomic E-state index is 6.03. The van der Waals surface area contributed by atoms with Gasteiger partial charge >= 0.3 is 0 Å². The van der Waals surface area contributed by atoms with Crippen LogP contribution in [0.3, 0.4) is 0 Å². The fourth-order valence-corrected chi connectivity index (χ4v) is 2.76. The fraction of sp³-hybridized carbons (Fsp3) is 0.273. The van der Waals surface area contributed by atoms with Gasteiger partial charge in [0.25, 0.3) is 0 Å². The Morgan fingerprint density at radius 3 is 2.46 bits per heavy atom. The zero-order chi connectivity index (χ0) is 18.2. The normalized spacial score (nSPS) is 10.7. The molecule has 2 N–H and O–H groups in total. The van der Waals surface area contributed by atoms with Crippen molar-refractivity contribution in [3.05, 3.63) is 72.1 Å². The van der Waals surface area contributed by atoms with Crippen molar-refractivity contribution in [1.29, 1.82) is 0 Å². The number of unbranched alkanes of at least 4 members (excludes halogenated alkanes) is 2. The molecule has 0 radical (unpaired) electrons. The Bertz CT molecular complexity index is 817. The number of rotatable bonds is 8. The van der Waals surface area contributed by atoms with Crippen molar-refractivity contribution < 1.29 is 4.74 Å². The standard InChI is InChI=1S/C22H25N3O/c1-2-3-7-14-26-19-12-10-18(11-13-19)21-16-24-22(23)20(25-21)15-17-8-5-4-6-9-17/h4-6,8-13,16H,2-3,7,14-15H2,1H3,(H2,23,24). The predicted molar refractivity (Wildman–Crippen MR) is 106 cm³/mol. The van der Waals surface area contributed by atoms with E-state index in [2.05, 4.69) is 24.0 Å². The van der Waals surface area contributed by atoms with Crippen molar-refractivity contribution in [1.82, 2.24) is 9.97 Å². The van der Waals surface area contributed by atoms with E-state index in [0.717, 1.165) is 35.7 Å². The second-order valence-electron chi connectivity index (χ2n) is 6.33. The number of anilines is 1. The summed E-state index contributed by atoms with van der Waals surface area (Å²) >= 11 is 0. The molecule has 0 fully saturated rings. The molecule has 0 saturated heterocycles. The number of nitrogens with two attached hydrogens (primary N) is 1. The van der Waals surface area contributed by atoms with E-state index in [-0.39, 0.29) is 0 Å². The molecule has 0 aliphatic heterocycles. The van der Waals surface area contributed by atoms with Gasteiger partial charge in [0, 0.05) is 12.0 Å². The fourth-order valence-electron chi connectivity index (χ4n) is 2.76. The Kier molecular flexibility index (Phi) is 6.20. The highest BCUT2D eigenvalue weighted by molar-refractivity contribution is 5.60. The molecule has 0 bridgehead atoms. The number of hydrogen-bond donors (Lipinski definition) is 1. The summed E-state index contributed by atoms with van der Waals surface area (Å²) in [6, 6.07) is 18.2. The number of nitrogen functional groups attached to an aromatic ring is 1. The molecule has 0 atom stereocenters. The Hall–Kier alpha value is -2.88. The lowest BCUT2D eigenvalue weighted by molar-refractivity contribution is 0.306. The van der Waals surface area contributed by atoms with E-state index in [1.54, 1.807) is 6.20 Å². The van der Waals surface area contributed by atoms with E-state index in [9.17, 15) is 0 Å². The largest absolute Gasteiger partial charge is 0.494 e. The third kappa shape index (κ3) is 4.82. The van der Waals surface area contributed by atoms with Crippen LogP contribution in [-0.2, 0) is 6.42 Å². The molecule has 4 nitrogen and oxygen atoms in total. The number of nitrogens with zero attached hydrogens (tertiary/aromatic N) is 2. The van der Waals surface area contributed by atoms with Crippen LogP contribution in [0.5, 0.6) is 5.75 Å². The van der Waals surface area contributed by atoms with E-state index in [4.69, 9.17) is 15.5 Å². The minimum absolute atomic E-state index is 0.480. The molecule has 0 aliphatic rings. The third-order valence-corrected chi connectivity index (χ3v) is 4.26. The van der Waals surface area contributed by atoms with Gasteiger partial charge in [0.2, 0.25) is 0 Å². The number of aromatic nitrogens is 2. The molecule has 0 amide bonds. The lowest BCUT2D eigenvalue weighted by Gasteiger charge is -2.09. The first-order chi connectivity index (χ1) is 12.8. The van der Waals surface area contributed by atoms with Crippen molar-refractivity contribution in [2.45, 2.75) is 32.6 Å². The summed E-state index contributed by atoms with van der Waals surface area (Å²) in [4.78, 5) is 9.05. The lowest BCUT2D eigenvalue weighted by Crippen LogP contribution is -2.03. The smallest absolute Gasteiger partial charge is 0.145 e. The molecule has 3 rings (SSSR count). The first-order valence-corrected chi connectivity index (χ1v) is 9.15. The van der Waals surface area contributed by atoms with E-state index in [1.807, 2.05) is 42.5 Å². The summed E-state index contributed by atoms with van der Waals surface area (Å²) in [5.74, 6) is 1.37. The minimum atomic E-state index is 0.480. The maximum Gasteiger partial charge on any atom is 0.145 e. The molecule has 4 heteroatoms. The summed E-state index contributed by atoms with van der Waals surface area (Å²) < 4.78 is 5.76. The second kappa shape index (κ2) is 8.99. The van der Waals surface area contributed by atoms with Gasteiger partial charge in [0.15, 0.2) is 0 Å². The van der Waals surface area contributed by atoms with Gasteiger partial charge in [-0.1, -0.05) is 50.1 Å². The molecular weight excluding hydrogens is 322 g/mol. The Morgan fingerprint density at radius 1 is 0.962 bits per heavy atom. The molecule has 26 heavy (non-hydrogen) atoms. The van der Waals surface area contributed by atoms with Crippen LogP contribution in [0.4, 0.5) is 5.82 Å². The van der Waals surface area contributed by atoms with Crippen molar-refractivity contribution in [2.24, 2.45) is 0 Å². The summed E-state index contributed by atoms with van der Waals surface area (Å²) in [6.07, 6.45) is 5.88. The topological polar surface area (TPSA) is 61.0 Å². The van der Waals surface area contributed by atoms with E-state index < -0.39 is 0 Å². The number of ether oxygens (including phenoxy) is 1. The molecule has 1 aromatic heterocycles. The van der Waals surface area contributed by atoms with Gasteiger partial charge in [0.05, 0.1) is 24.2 Å². The molecule has 0 saturated carbocycles. The SMILES string of the molecule is CCCCCOc1ccc(-c2cnc(N)c(Cc3ccccc3)n2)cc1. The van der Waals surface area contributed by atoms with Crippen molar-refractivity contribution in [2.75, 3.05) is 12.3 Å². The van der Waals surface area contributed by atoms with Crippen LogP contribution < -0.4 is 10.5 Å². The van der Waals surface area contributed by atoms with Gasteiger partial charge in [-0.25, -0.2) is 9.97 Å². The summed E-state index contributed by atoms with van der Waals surface area (Å²) in [6.45, 7) is 2.95. The number of hydrogen-bond acceptors (Lipinski definition) is 4. The molecular formula is C22H25N3O. The molecule has 2 aromatic carbocycles. The van der Waals surface area contributed by atoms with Gasteiger partial charge < -0.3 is 10.5 Å². The zero-order valence-electron chi connectivity index (χ0n) is 15.2. The van der Waals surface area contributed by atoms with Crippen LogP contribution >= 0.6 is 0 Å². The molecule has 0 spiro atoms. The van der Waals surface area contributed by atoms with Gasteiger partial charge in [-0.2, -0.15) is 0 Å². The summed E-state index contributed by atoms with van der Waals surface area (Å²) in [7, 11) is 0. The summed E-state index contributed by atoms with van der Waals surface area (Å²) in [5.41, 5.74) is 9.82. The molecule has 3 aromatic rings. The van der Waals surface area contributed by atoms with Gasteiger partial charge in [-0.05, 0) is 36.2 Å². The Morgan fingerprint density at radius 2 is 1.73 bits per heavy atom. The van der Waals surface area contributed by atoms with Gasteiger partial charge in [-0.3, -0.25) is 0 Å². The zero-order valence-corrected chi connectivity index (χ0v) is 15.2. The van der Waals surface area contributed by atoms with Crippen LogP contribution in [0.2, 0.25) is 0 Å². The molecule has 0 unspecified atom stereocenters. The van der Waals surface area contributed by atoms with E-state index in [1.165, 1.54) is 18.4 Å². The maximum absolute atomic E-state index is 6.03. The second-order valence-corrected chi connectivity index (χ2v) is 6.33. The number of benzene rings is 2. The molecule has 134 valence electrons. The third-order valence-electron chi connectivity index (χ3n) is 4.26. The highest BCUT2D eigenvalue weighted by atomic mass is 16.5. The highest BCUT2D eigenvalue weighted by Crippen LogP contribution is 2.23. The Balaban J connectivity index is 1.72. The van der Waals surface area contributed by atoms with Crippen LogP contribution in [0.1, 0.15) is 37.4 Å². The first-order valence-electron chi connectivity index (χ1n) is 9.15. The quantitative estimate of drug-likeness (QED) is 0.590. The van der Waals surface area contributed by atoms with Crippen LogP contribution in [0.25, 0.3) is 11.3 Å².